The van der Waals surface area contributed by atoms with Crippen LogP contribution in [0.3, 0.4) is 0 Å². The molecule has 1 aromatic carbocycles. The molecule has 0 bridgehead atoms. The van der Waals surface area contributed by atoms with E-state index in [0.29, 0.717) is 46.5 Å². The van der Waals surface area contributed by atoms with E-state index >= 15 is 0 Å². The maximum absolute atomic E-state index is 14.0. The zero-order chi connectivity index (χ0) is 26.0. The first-order valence-electron chi connectivity index (χ1n) is 12.5. The highest BCUT2D eigenvalue weighted by molar-refractivity contribution is 6.33. The minimum absolute atomic E-state index is 0.00896. The van der Waals surface area contributed by atoms with E-state index in [2.05, 4.69) is 30.6 Å². The van der Waals surface area contributed by atoms with Gasteiger partial charge in [0.2, 0.25) is 5.95 Å². The molecule has 9 nitrogen and oxygen atoms in total. The van der Waals surface area contributed by atoms with Gasteiger partial charge in [0.15, 0.2) is 0 Å². The third-order valence-electron chi connectivity index (χ3n) is 6.97. The van der Waals surface area contributed by atoms with Gasteiger partial charge in [0.25, 0.3) is 5.56 Å². The Morgan fingerprint density at radius 3 is 2.65 bits per heavy atom. The second-order valence-electron chi connectivity index (χ2n) is 9.60. The van der Waals surface area contributed by atoms with Gasteiger partial charge in [-0.3, -0.25) is 14.3 Å². The fraction of sp³-hybridized carbons (Fsp3) is 0.370. The molecule has 0 aliphatic carbocycles. The first kappa shape index (κ1) is 25.3. The number of benzene rings is 1. The van der Waals surface area contributed by atoms with Crippen molar-refractivity contribution < 1.29 is 5.11 Å². The second-order valence-corrected chi connectivity index (χ2v) is 10.0. The first-order valence-corrected chi connectivity index (χ1v) is 12.9. The fourth-order valence-corrected chi connectivity index (χ4v) is 5.18. The summed E-state index contributed by atoms with van der Waals surface area (Å²) in [5.41, 5.74) is 3.33. The van der Waals surface area contributed by atoms with Crippen LogP contribution in [0, 0.1) is 12.3 Å². The van der Waals surface area contributed by atoms with E-state index in [0.717, 1.165) is 42.6 Å². The standard InChI is InChI=1S/C27H30ClN7O2/c1-3-31-26-32-13-19-10-21(20-5-4-18(11-22(20)28)23-14-30-12-17(2)33-23)25(37)35(24(19)34-26)15-27(16-36)6-8-29-9-7-27/h4-5,10-14,29,36H,3,6-9,15-16H2,1-2H3,(H,31,32,34). The number of nitrogens with zero attached hydrogens (tertiary/aromatic N) is 5. The minimum atomic E-state index is -0.415. The third-order valence-corrected chi connectivity index (χ3v) is 7.28. The van der Waals surface area contributed by atoms with Crippen molar-refractivity contribution in [1.29, 1.82) is 0 Å². The quantitative estimate of drug-likeness (QED) is 0.338. The highest BCUT2D eigenvalue weighted by Gasteiger charge is 2.33. The lowest BCUT2D eigenvalue weighted by Crippen LogP contribution is -2.44. The molecule has 0 radical (unpaired) electrons. The highest BCUT2D eigenvalue weighted by Crippen LogP contribution is 2.34. The van der Waals surface area contributed by atoms with Crippen molar-refractivity contribution in [3.8, 4) is 22.4 Å². The van der Waals surface area contributed by atoms with Gasteiger partial charge < -0.3 is 15.7 Å². The molecule has 10 heteroatoms. The molecular formula is C27H30ClN7O2. The molecule has 1 saturated heterocycles. The van der Waals surface area contributed by atoms with Crippen molar-refractivity contribution in [3.05, 3.63) is 63.9 Å². The van der Waals surface area contributed by atoms with Gasteiger partial charge in [-0.15, -0.1) is 0 Å². The number of hydrogen-bond donors (Lipinski definition) is 3. The van der Waals surface area contributed by atoms with E-state index < -0.39 is 5.41 Å². The fourth-order valence-electron chi connectivity index (χ4n) is 4.90. The van der Waals surface area contributed by atoms with Crippen LogP contribution in [0.15, 0.2) is 47.7 Å². The Kier molecular flexibility index (Phi) is 7.19. The number of rotatable bonds is 7. The SMILES string of the molecule is CCNc1ncc2cc(-c3ccc(-c4cncc(C)n4)cc3Cl)c(=O)n(CC3(CO)CCNCC3)c2n1. The summed E-state index contributed by atoms with van der Waals surface area (Å²) in [5.74, 6) is 0.459. The lowest BCUT2D eigenvalue weighted by atomic mass is 9.79. The van der Waals surface area contributed by atoms with Gasteiger partial charge >= 0.3 is 0 Å². The van der Waals surface area contributed by atoms with Crippen LogP contribution in [0.1, 0.15) is 25.5 Å². The zero-order valence-electron chi connectivity index (χ0n) is 21.0. The molecule has 1 aliphatic heterocycles. The monoisotopic (exact) mass is 519 g/mol. The molecule has 0 atom stereocenters. The smallest absolute Gasteiger partial charge is 0.260 e. The Labute approximate surface area is 220 Å². The van der Waals surface area contributed by atoms with Crippen LogP contribution in [0.2, 0.25) is 5.02 Å². The van der Waals surface area contributed by atoms with Crippen LogP contribution in [0.25, 0.3) is 33.4 Å². The van der Waals surface area contributed by atoms with Gasteiger partial charge in [-0.2, -0.15) is 4.98 Å². The van der Waals surface area contributed by atoms with E-state index in [-0.39, 0.29) is 12.2 Å². The number of hydrogen-bond acceptors (Lipinski definition) is 8. The van der Waals surface area contributed by atoms with Crippen LogP contribution in [-0.4, -0.2) is 55.9 Å². The van der Waals surface area contributed by atoms with Gasteiger partial charge in [-0.1, -0.05) is 23.7 Å². The molecule has 1 aliphatic rings. The minimum Gasteiger partial charge on any atom is -0.396 e. The molecule has 0 spiro atoms. The maximum Gasteiger partial charge on any atom is 0.260 e. The van der Waals surface area contributed by atoms with E-state index in [4.69, 9.17) is 11.6 Å². The molecule has 3 aromatic heterocycles. The number of fused-ring (bicyclic) bond motifs is 1. The molecule has 4 heterocycles. The van der Waals surface area contributed by atoms with Crippen LogP contribution in [0.4, 0.5) is 5.95 Å². The Hall–Kier alpha value is -3.40. The average molecular weight is 520 g/mol. The maximum atomic E-state index is 14.0. The number of aliphatic hydroxyl groups is 1. The van der Waals surface area contributed by atoms with Crippen molar-refractivity contribution in [2.24, 2.45) is 5.41 Å². The van der Waals surface area contributed by atoms with Gasteiger partial charge in [0.05, 0.1) is 24.2 Å². The molecule has 0 amide bonds. The van der Waals surface area contributed by atoms with Gasteiger partial charge in [-0.05, 0) is 51.9 Å². The second kappa shape index (κ2) is 10.5. The summed E-state index contributed by atoms with van der Waals surface area (Å²) in [5, 5.41) is 18.0. The van der Waals surface area contributed by atoms with Gasteiger partial charge in [-0.25, -0.2) is 9.97 Å². The lowest BCUT2D eigenvalue weighted by Gasteiger charge is -2.36. The van der Waals surface area contributed by atoms with Crippen molar-refractivity contribution in [1.82, 2.24) is 29.8 Å². The summed E-state index contributed by atoms with van der Waals surface area (Å²) in [6.07, 6.45) is 6.63. The summed E-state index contributed by atoms with van der Waals surface area (Å²) in [4.78, 5) is 31.9. The normalized spacial score (nSPS) is 15.1. The van der Waals surface area contributed by atoms with Crippen LogP contribution in [0.5, 0.6) is 0 Å². The van der Waals surface area contributed by atoms with Crippen molar-refractivity contribution in [2.45, 2.75) is 33.2 Å². The predicted molar refractivity (Wildman–Crippen MR) is 146 cm³/mol. The van der Waals surface area contributed by atoms with Crippen LogP contribution in [-0.2, 0) is 6.54 Å². The van der Waals surface area contributed by atoms with Crippen molar-refractivity contribution in [3.63, 3.8) is 0 Å². The number of anilines is 1. The number of nitrogens with one attached hydrogen (secondary N) is 2. The molecule has 4 aromatic rings. The van der Waals surface area contributed by atoms with Crippen molar-refractivity contribution in [2.75, 3.05) is 31.6 Å². The number of aromatic nitrogens is 5. The van der Waals surface area contributed by atoms with E-state index in [1.807, 2.05) is 26.0 Å². The molecule has 192 valence electrons. The van der Waals surface area contributed by atoms with Crippen LogP contribution < -0.4 is 16.2 Å². The molecule has 3 N–H and O–H groups in total. The summed E-state index contributed by atoms with van der Waals surface area (Å²) in [7, 11) is 0. The van der Waals surface area contributed by atoms with E-state index in [1.165, 1.54) is 0 Å². The summed E-state index contributed by atoms with van der Waals surface area (Å²) in [6.45, 7) is 6.44. The first-order chi connectivity index (χ1) is 17.9. The topological polar surface area (TPSA) is 118 Å². The largest absolute Gasteiger partial charge is 0.396 e. The summed E-state index contributed by atoms with van der Waals surface area (Å²) >= 11 is 6.76. The van der Waals surface area contributed by atoms with Crippen LogP contribution >= 0.6 is 11.6 Å². The Morgan fingerprint density at radius 1 is 1.14 bits per heavy atom. The zero-order valence-corrected chi connectivity index (χ0v) is 21.7. The molecule has 5 rings (SSSR count). The lowest BCUT2D eigenvalue weighted by molar-refractivity contribution is 0.0716. The Bertz CT molecular complexity index is 1500. The molecule has 0 unspecified atom stereocenters. The number of aryl methyl sites for hydroxylation is 1. The molecule has 0 saturated carbocycles. The predicted octanol–water partition coefficient (Wildman–Crippen LogP) is 3.67. The Morgan fingerprint density at radius 2 is 1.95 bits per heavy atom. The third kappa shape index (κ3) is 5.07. The van der Waals surface area contributed by atoms with Gasteiger partial charge in [0.1, 0.15) is 5.65 Å². The number of pyridine rings is 1. The summed E-state index contributed by atoms with van der Waals surface area (Å²) < 4.78 is 1.69. The number of aliphatic hydroxyl groups excluding tert-OH is 1. The number of halogens is 1. The molecular weight excluding hydrogens is 490 g/mol. The van der Waals surface area contributed by atoms with E-state index in [9.17, 15) is 9.90 Å². The van der Waals surface area contributed by atoms with Crippen molar-refractivity contribution >= 4 is 28.6 Å². The molecule has 1 fully saturated rings. The highest BCUT2D eigenvalue weighted by atomic mass is 35.5. The number of piperidine rings is 1. The van der Waals surface area contributed by atoms with Gasteiger partial charge in [0, 0.05) is 58.0 Å². The average Bonchev–Trinajstić information content (AvgIpc) is 2.91. The Balaban J connectivity index is 1.66. The molecule has 37 heavy (non-hydrogen) atoms. The van der Waals surface area contributed by atoms with E-state index in [1.54, 1.807) is 35.3 Å². The summed E-state index contributed by atoms with van der Waals surface area (Å²) in [6, 6.07) is 7.34.